The molecular weight excluding hydrogens is 172 g/mol. The van der Waals surface area contributed by atoms with Gasteiger partial charge in [0.25, 0.3) is 6.47 Å². The van der Waals surface area contributed by atoms with Crippen molar-refractivity contribution in [2.75, 3.05) is 11.9 Å². The number of alkyl halides is 1. The summed E-state index contributed by atoms with van der Waals surface area (Å²) in [4.78, 5) is 9.18. The second kappa shape index (κ2) is 15.8. The summed E-state index contributed by atoms with van der Waals surface area (Å²) >= 11 is 3.15. The Morgan fingerprint density at radius 3 is 2.00 bits per heavy atom. The molecule has 0 saturated carbocycles. The maximum atomic E-state index is 9.18. The molecule has 0 aromatic rings. The fourth-order valence-corrected chi connectivity index (χ4v) is 0.0680. The number of carbonyl (C=O) groups excluding carboxylic acids is 1. The Hall–Kier alpha value is -0.0500. The number of halogens is 1. The maximum Gasteiger partial charge on any atom is 0.293 e. The summed E-state index contributed by atoms with van der Waals surface area (Å²) < 4.78 is 4.15. The molecule has 0 heterocycles. The van der Waals surface area contributed by atoms with E-state index < -0.39 is 0 Å². The Kier molecular flexibility index (Phi) is 21.4. The number of rotatable bonds is 2. The number of hydrogen-bond acceptors (Lipinski definition) is 2. The molecule has 0 spiro atoms. The molecule has 0 bridgehead atoms. The van der Waals surface area contributed by atoms with E-state index in [1.165, 1.54) is 0 Å². The lowest BCUT2D eigenvalue weighted by atomic mass is 10.9. The van der Waals surface area contributed by atoms with E-state index >= 15 is 0 Å². The highest BCUT2D eigenvalue weighted by molar-refractivity contribution is 9.09. The largest absolute Gasteiger partial charge is 0.468 e. The van der Waals surface area contributed by atoms with Gasteiger partial charge in [-0.1, -0.05) is 22.9 Å². The van der Waals surface area contributed by atoms with E-state index in [9.17, 15) is 4.79 Å². The van der Waals surface area contributed by atoms with Gasteiger partial charge in [-0.25, -0.2) is 0 Å². The molecule has 0 aliphatic heterocycles. The van der Waals surface area contributed by atoms with Crippen LogP contribution in [0.2, 0.25) is 0 Å². The van der Waals surface area contributed by atoms with Crippen molar-refractivity contribution in [1.29, 1.82) is 0 Å². The summed E-state index contributed by atoms with van der Waals surface area (Å²) in [5, 5.41) is 1.06. The van der Waals surface area contributed by atoms with Gasteiger partial charge in [0.15, 0.2) is 0 Å². The van der Waals surface area contributed by atoms with Gasteiger partial charge in [-0.05, 0) is 6.92 Å². The Morgan fingerprint density at radius 1 is 1.62 bits per heavy atom. The van der Waals surface area contributed by atoms with Gasteiger partial charge in [-0.3, -0.25) is 4.79 Å². The van der Waals surface area contributed by atoms with E-state index in [-0.39, 0.29) is 0 Å². The highest BCUT2D eigenvalue weighted by Crippen LogP contribution is 1.67. The molecule has 0 aliphatic rings. The van der Waals surface area contributed by atoms with Gasteiger partial charge in [0.05, 0.1) is 6.61 Å². The van der Waals surface area contributed by atoms with Gasteiger partial charge in [-0.15, -0.1) is 0 Å². The minimum absolute atomic E-state index is 0.431. The first-order valence-corrected chi connectivity index (χ1v) is 3.56. The first-order chi connectivity index (χ1) is 3.83. The third kappa shape index (κ3) is 38.3. The van der Waals surface area contributed by atoms with Crippen molar-refractivity contribution >= 4 is 22.4 Å². The zero-order valence-corrected chi connectivity index (χ0v) is 6.77. The highest BCUT2D eigenvalue weighted by Gasteiger charge is 1.60. The average Bonchev–Trinajstić information content (AvgIpc) is 1.71. The maximum absolute atomic E-state index is 9.18. The van der Waals surface area contributed by atoms with E-state index in [0.717, 1.165) is 5.33 Å². The van der Waals surface area contributed by atoms with Crippen molar-refractivity contribution in [3.63, 3.8) is 0 Å². The van der Waals surface area contributed by atoms with Crippen LogP contribution in [-0.4, -0.2) is 18.4 Å². The molecule has 0 aromatic heterocycles. The Balaban J connectivity index is 0. The summed E-state index contributed by atoms with van der Waals surface area (Å²) in [7, 11) is 0. The molecule has 3 heteroatoms. The lowest BCUT2D eigenvalue weighted by Gasteiger charge is -1.79. The van der Waals surface area contributed by atoms with Gasteiger partial charge in [0, 0.05) is 5.33 Å². The molecule has 0 aromatic carbocycles. The fourth-order valence-electron chi connectivity index (χ4n) is 0.0680. The van der Waals surface area contributed by atoms with Crippen LogP contribution >= 0.6 is 15.9 Å². The molecule has 0 unspecified atom stereocenters. The zero-order valence-electron chi connectivity index (χ0n) is 5.19. The molecule has 0 rings (SSSR count). The molecule has 0 N–H and O–H groups in total. The second-order valence-electron chi connectivity index (χ2n) is 0.819. The van der Waals surface area contributed by atoms with E-state index in [1.54, 1.807) is 6.92 Å². The minimum Gasteiger partial charge on any atom is -0.468 e. The van der Waals surface area contributed by atoms with Crippen LogP contribution in [0.4, 0.5) is 0 Å². The molecule has 0 aliphatic carbocycles. The SMILES string of the molecule is CCBr.CCOC=O. The van der Waals surface area contributed by atoms with Crippen molar-refractivity contribution in [3.05, 3.63) is 0 Å². The van der Waals surface area contributed by atoms with E-state index in [1.807, 2.05) is 6.92 Å². The molecule has 0 atom stereocenters. The van der Waals surface area contributed by atoms with Crippen LogP contribution in [0.25, 0.3) is 0 Å². The Bertz CT molecular complexity index is 39.4. The highest BCUT2D eigenvalue weighted by atomic mass is 79.9. The molecule has 8 heavy (non-hydrogen) atoms. The molecule has 0 amide bonds. The van der Waals surface area contributed by atoms with E-state index in [2.05, 4.69) is 20.7 Å². The number of hydrogen-bond donors (Lipinski definition) is 0. The molecule has 2 nitrogen and oxygen atoms in total. The Labute approximate surface area is 58.3 Å². The smallest absolute Gasteiger partial charge is 0.293 e. The molecule has 0 fully saturated rings. The lowest BCUT2D eigenvalue weighted by molar-refractivity contribution is -0.128. The number of ether oxygens (including phenoxy) is 1. The standard InChI is InChI=1S/C3H6O2.C2H5Br/c1-2-5-3-4;1-2-3/h3H,2H2,1H3;2H2,1H3. The third-order valence-corrected chi connectivity index (χ3v) is 0.235. The third-order valence-electron chi connectivity index (χ3n) is 0.235. The van der Waals surface area contributed by atoms with Crippen LogP contribution in [0.1, 0.15) is 13.8 Å². The summed E-state index contributed by atoms with van der Waals surface area (Å²) in [6.07, 6.45) is 0. The normalized spacial score (nSPS) is 6.38. The predicted octanol–water partition coefficient (Wildman–Crippen LogP) is 1.58. The van der Waals surface area contributed by atoms with Crippen LogP contribution in [-0.2, 0) is 9.53 Å². The van der Waals surface area contributed by atoms with Gasteiger partial charge in [0.2, 0.25) is 0 Å². The van der Waals surface area contributed by atoms with Gasteiger partial charge < -0.3 is 4.74 Å². The van der Waals surface area contributed by atoms with Gasteiger partial charge in [-0.2, -0.15) is 0 Å². The van der Waals surface area contributed by atoms with Crippen molar-refractivity contribution < 1.29 is 9.53 Å². The quantitative estimate of drug-likeness (QED) is 0.479. The van der Waals surface area contributed by atoms with E-state index in [4.69, 9.17) is 0 Å². The fraction of sp³-hybridized carbons (Fsp3) is 0.800. The van der Waals surface area contributed by atoms with Crippen molar-refractivity contribution in [1.82, 2.24) is 0 Å². The molecule has 0 radical (unpaired) electrons. The lowest BCUT2D eigenvalue weighted by Crippen LogP contribution is -1.80. The van der Waals surface area contributed by atoms with E-state index in [0.29, 0.717) is 13.1 Å². The molecule has 50 valence electrons. The zero-order chi connectivity index (χ0) is 6.83. The molecular formula is C5H11BrO2. The summed E-state index contributed by atoms with van der Waals surface area (Å²) in [5.41, 5.74) is 0. The van der Waals surface area contributed by atoms with Gasteiger partial charge >= 0.3 is 0 Å². The van der Waals surface area contributed by atoms with Crippen LogP contribution in [0.3, 0.4) is 0 Å². The molecule has 0 saturated heterocycles. The second-order valence-corrected chi connectivity index (χ2v) is 1.94. The predicted molar refractivity (Wildman–Crippen MR) is 37.2 cm³/mol. The van der Waals surface area contributed by atoms with Crippen LogP contribution in [0.5, 0.6) is 0 Å². The Morgan fingerprint density at radius 2 is 2.00 bits per heavy atom. The van der Waals surface area contributed by atoms with Crippen molar-refractivity contribution in [3.8, 4) is 0 Å². The van der Waals surface area contributed by atoms with Crippen LogP contribution < -0.4 is 0 Å². The number of carbonyl (C=O) groups is 1. The first kappa shape index (κ1) is 10.8. The van der Waals surface area contributed by atoms with Crippen LogP contribution in [0.15, 0.2) is 0 Å². The monoisotopic (exact) mass is 182 g/mol. The van der Waals surface area contributed by atoms with Crippen molar-refractivity contribution in [2.45, 2.75) is 13.8 Å². The summed E-state index contributed by atoms with van der Waals surface area (Å²) in [5.74, 6) is 0. The van der Waals surface area contributed by atoms with Gasteiger partial charge in [0.1, 0.15) is 0 Å². The first-order valence-electron chi connectivity index (χ1n) is 2.44. The van der Waals surface area contributed by atoms with Crippen molar-refractivity contribution in [2.24, 2.45) is 0 Å². The van der Waals surface area contributed by atoms with Crippen LogP contribution in [0, 0.1) is 0 Å². The topological polar surface area (TPSA) is 26.3 Å². The average molecular weight is 183 g/mol. The minimum atomic E-state index is 0.431. The summed E-state index contributed by atoms with van der Waals surface area (Å²) in [6.45, 7) is 4.71. The summed E-state index contributed by atoms with van der Waals surface area (Å²) in [6, 6.07) is 0.